The molecule has 0 radical (unpaired) electrons. The van der Waals surface area contributed by atoms with Crippen molar-refractivity contribution in [2.75, 3.05) is 39.5 Å². The van der Waals surface area contributed by atoms with Gasteiger partial charge >= 0.3 is 0 Å². The van der Waals surface area contributed by atoms with Gasteiger partial charge in [0.2, 0.25) is 0 Å². The summed E-state index contributed by atoms with van der Waals surface area (Å²) in [5, 5.41) is 8.72. The predicted molar refractivity (Wildman–Crippen MR) is 41.3 cm³/mol. The highest BCUT2D eigenvalue weighted by molar-refractivity contribution is 4.86. The van der Waals surface area contributed by atoms with E-state index in [-0.39, 0.29) is 0 Å². The van der Waals surface area contributed by atoms with E-state index >= 15 is 0 Å². The van der Waals surface area contributed by atoms with Crippen molar-refractivity contribution in [1.82, 2.24) is 4.90 Å². The van der Waals surface area contributed by atoms with Gasteiger partial charge in [0.25, 0.3) is 0 Å². The molecule has 0 aromatic rings. The third-order valence-corrected chi connectivity index (χ3v) is 2.73. The van der Waals surface area contributed by atoms with Gasteiger partial charge in [-0.1, -0.05) is 0 Å². The Morgan fingerprint density at radius 3 is 2.45 bits per heavy atom. The van der Waals surface area contributed by atoms with Crippen LogP contribution in [0.4, 0.5) is 0 Å². The summed E-state index contributed by atoms with van der Waals surface area (Å²) >= 11 is 0. The molecule has 3 heteroatoms. The van der Waals surface area contributed by atoms with E-state index < -0.39 is 0 Å². The highest BCUT2D eigenvalue weighted by Gasteiger charge is 2.36. The maximum Gasteiger partial charge on any atom is 0.0558 e. The summed E-state index contributed by atoms with van der Waals surface area (Å²) in [7, 11) is 0. The number of ether oxygens (including phenoxy) is 1. The van der Waals surface area contributed by atoms with Gasteiger partial charge in [0.15, 0.2) is 0 Å². The van der Waals surface area contributed by atoms with Crippen LogP contribution >= 0.6 is 0 Å². The number of β-amino-alcohol motifs (C(OH)–C–C–N with tert-alkyl or cyclic N) is 1. The van der Waals surface area contributed by atoms with Gasteiger partial charge in [-0.25, -0.2) is 0 Å². The number of hydrogen-bond donors (Lipinski definition) is 1. The van der Waals surface area contributed by atoms with Crippen LogP contribution in [0.5, 0.6) is 0 Å². The van der Waals surface area contributed by atoms with Gasteiger partial charge in [-0.15, -0.1) is 0 Å². The number of rotatable bonds is 2. The third kappa shape index (κ3) is 1.41. The molecular formula is C8H15NO2. The Balaban J connectivity index is 1.84. The minimum atomic E-state index is 0.292. The van der Waals surface area contributed by atoms with E-state index in [0.29, 0.717) is 6.61 Å². The fraction of sp³-hybridized carbons (Fsp3) is 1.00. The van der Waals surface area contributed by atoms with E-state index in [1.807, 2.05) is 0 Å². The van der Waals surface area contributed by atoms with Crippen LogP contribution in [0, 0.1) is 11.8 Å². The first-order valence-corrected chi connectivity index (χ1v) is 4.31. The van der Waals surface area contributed by atoms with E-state index in [2.05, 4.69) is 4.90 Å². The molecule has 0 unspecified atom stereocenters. The quantitative estimate of drug-likeness (QED) is 0.589. The summed E-state index contributed by atoms with van der Waals surface area (Å²) in [5.74, 6) is 1.50. The van der Waals surface area contributed by atoms with Gasteiger partial charge in [-0.05, 0) is 0 Å². The lowest BCUT2D eigenvalue weighted by atomic mass is 10.0. The van der Waals surface area contributed by atoms with Crippen LogP contribution in [0.1, 0.15) is 0 Å². The molecule has 11 heavy (non-hydrogen) atoms. The van der Waals surface area contributed by atoms with Gasteiger partial charge < -0.3 is 14.7 Å². The molecule has 0 aliphatic carbocycles. The Bertz CT molecular complexity index is 128. The van der Waals surface area contributed by atoms with Crippen molar-refractivity contribution in [1.29, 1.82) is 0 Å². The molecule has 2 heterocycles. The third-order valence-electron chi connectivity index (χ3n) is 2.73. The van der Waals surface area contributed by atoms with Crippen molar-refractivity contribution < 1.29 is 9.84 Å². The van der Waals surface area contributed by atoms with Crippen LogP contribution < -0.4 is 0 Å². The fourth-order valence-corrected chi connectivity index (χ4v) is 2.11. The summed E-state index contributed by atoms with van der Waals surface area (Å²) in [6.45, 7) is 5.27. The summed E-state index contributed by atoms with van der Waals surface area (Å²) in [4.78, 5) is 2.33. The Morgan fingerprint density at radius 2 is 1.91 bits per heavy atom. The van der Waals surface area contributed by atoms with Crippen LogP contribution in [-0.2, 0) is 4.74 Å². The standard InChI is InChI=1S/C8H15NO2/c10-2-1-9-3-7-5-11-6-8(7)4-9/h7-8,10H,1-6H2/t7-,8+. The second-order valence-electron chi connectivity index (χ2n) is 3.54. The minimum absolute atomic E-state index is 0.292. The number of aliphatic hydroxyl groups excluding tert-OH is 1. The molecule has 1 N–H and O–H groups in total. The van der Waals surface area contributed by atoms with Crippen molar-refractivity contribution >= 4 is 0 Å². The van der Waals surface area contributed by atoms with E-state index in [1.165, 1.54) is 0 Å². The van der Waals surface area contributed by atoms with Crippen LogP contribution in [0.15, 0.2) is 0 Å². The highest BCUT2D eigenvalue weighted by Crippen LogP contribution is 2.28. The number of fused-ring (bicyclic) bond motifs is 1. The van der Waals surface area contributed by atoms with Crippen LogP contribution in [0.25, 0.3) is 0 Å². The van der Waals surface area contributed by atoms with Gasteiger partial charge in [0.05, 0.1) is 19.8 Å². The molecule has 0 bridgehead atoms. The summed E-state index contributed by atoms with van der Waals surface area (Å²) in [6.07, 6.45) is 0. The maximum atomic E-state index is 8.72. The summed E-state index contributed by atoms with van der Waals surface area (Å²) in [6, 6.07) is 0. The lowest BCUT2D eigenvalue weighted by Crippen LogP contribution is -2.25. The van der Waals surface area contributed by atoms with E-state index in [0.717, 1.165) is 44.7 Å². The zero-order valence-electron chi connectivity index (χ0n) is 6.70. The Morgan fingerprint density at radius 1 is 1.27 bits per heavy atom. The topological polar surface area (TPSA) is 32.7 Å². The molecule has 3 nitrogen and oxygen atoms in total. The number of aliphatic hydroxyl groups is 1. The Labute approximate surface area is 66.9 Å². The molecule has 2 aliphatic heterocycles. The van der Waals surface area contributed by atoms with Gasteiger partial charge in [0.1, 0.15) is 0 Å². The lowest BCUT2D eigenvalue weighted by Gasteiger charge is -2.14. The van der Waals surface area contributed by atoms with Crippen molar-refractivity contribution in [3.63, 3.8) is 0 Å². The predicted octanol–water partition coefficient (Wildman–Crippen LogP) is -0.443. The van der Waals surface area contributed by atoms with Gasteiger partial charge in [0, 0.05) is 31.5 Å². The summed E-state index contributed by atoms with van der Waals surface area (Å²) < 4.78 is 5.35. The molecule has 2 aliphatic rings. The SMILES string of the molecule is OCCN1C[C@H]2COC[C@H]2C1. The highest BCUT2D eigenvalue weighted by atomic mass is 16.5. The lowest BCUT2D eigenvalue weighted by molar-refractivity contribution is 0.145. The van der Waals surface area contributed by atoms with Gasteiger partial charge in [-0.3, -0.25) is 0 Å². The zero-order valence-corrected chi connectivity index (χ0v) is 6.70. The molecule has 64 valence electrons. The van der Waals surface area contributed by atoms with Crippen molar-refractivity contribution in [3.8, 4) is 0 Å². The van der Waals surface area contributed by atoms with Crippen molar-refractivity contribution in [2.45, 2.75) is 0 Å². The van der Waals surface area contributed by atoms with E-state index in [9.17, 15) is 0 Å². The second-order valence-corrected chi connectivity index (χ2v) is 3.54. The molecule has 0 spiro atoms. The zero-order chi connectivity index (χ0) is 7.68. The first-order chi connectivity index (χ1) is 5.40. The first kappa shape index (κ1) is 7.53. The molecular weight excluding hydrogens is 142 g/mol. The summed E-state index contributed by atoms with van der Waals surface area (Å²) in [5.41, 5.74) is 0. The van der Waals surface area contributed by atoms with E-state index in [4.69, 9.17) is 9.84 Å². The molecule has 2 atom stereocenters. The average Bonchev–Trinajstić information content (AvgIpc) is 2.46. The monoisotopic (exact) mass is 157 g/mol. The Hall–Kier alpha value is -0.120. The van der Waals surface area contributed by atoms with Crippen LogP contribution in [0.2, 0.25) is 0 Å². The first-order valence-electron chi connectivity index (χ1n) is 4.31. The second kappa shape index (κ2) is 3.09. The number of likely N-dealkylation sites (tertiary alicyclic amines) is 1. The molecule has 2 rings (SSSR count). The minimum Gasteiger partial charge on any atom is -0.395 e. The smallest absolute Gasteiger partial charge is 0.0558 e. The van der Waals surface area contributed by atoms with Gasteiger partial charge in [-0.2, -0.15) is 0 Å². The van der Waals surface area contributed by atoms with E-state index in [1.54, 1.807) is 0 Å². The van der Waals surface area contributed by atoms with Crippen LogP contribution in [-0.4, -0.2) is 49.5 Å². The molecule has 0 aromatic heterocycles. The molecule has 0 amide bonds. The molecule has 0 saturated carbocycles. The van der Waals surface area contributed by atoms with Crippen molar-refractivity contribution in [3.05, 3.63) is 0 Å². The van der Waals surface area contributed by atoms with Crippen molar-refractivity contribution in [2.24, 2.45) is 11.8 Å². The average molecular weight is 157 g/mol. The fourth-order valence-electron chi connectivity index (χ4n) is 2.11. The molecule has 2 fully saturated rings. The molecule has 0 aromatic carbocycles. The molecule has 2 saturated heterocycles. The van der Waals surface area contributed by atoms with Crippen LogP contribution in [0.3, 0.4) is 0 Å². The number of hydrogen-bond acceptors (Lipinski definition) is 3. The number of nitrogens with zero attached hydrogens (tertiary/aromatic N) is 1. The Kier molecular flexibility index (Phi) is 2.11. The maximum absolute atomic E-state index is 8.72. The normalized spacial score (nSPS) is 37.9. The largest absolute Gasteiger partial charge is 0.395 e.